The molecule has 2 N–H and O–H groups in total. The lowest BCUT2D eigenvalue weighted by Crippen LogP contribution is -2.45. The average Bonchev–Trinajstić information content (AvgIpc) is 2.67. The lowest BCUT2D eigenvalue weighted by Gasteiger charge is -2.32. The van der Waals surface area contributed by atoms with Crippen LogP contribution < -0.4 is 10.9 Å². The van der Waals surface area contributed by atoms with Gasteiger partial charge in [-0.05, 0) is 62.6 Å². The monoisotopic (exact) mass is 385 g/mol. The van der Waals surface area contributed by atoms with Crippen LogP contribution >= 0.6 is 0 Å². The predicted octanol–water partition coefficient (Wildman–Crippen LogP) is 2.30. The van der Waals surface area contributed by atoms with E-state index >= 15 is 0 Å². The number of amides is 2. The van der Waals surface area contributed by atoms with Crippen molar-refractivity contribution in [3.8, 4) is 0 Å². The highest BCUT2D eigenvalue weighted by Gasteiger charge is 2.29. The minimum atomic E-state index is -0.395. The number of pyridine rings is 1. The molecule has 1 aliphatic heterocycles. The number of benzene rings is 1. The highest BCUT2D eigenvalue weighted by Crippen LogP contribution is 2.19. The molecular formula is C21H24FN3O3. The summed E-state index contributed by atoms with van der Waals surface area (Å²) in [6, 6.07) is 7.28. The molecule has 2 heterocycles. The Balaban J connectivity index is 1.62. The molecule has 1 aromatic carbocycles. The maximum absolute atomic E-state index is 13.1. The van der Waals surface area contributed by atoms with E-state index in [0.717, 1.165) is 17.7 Å². The van der Waals surface area contributed by atoms with Crippen molar-refractivity contribution < 1.29 is 14.0 Å². The van der Waals surface area contributed by atoms with Crippen LogP contribution in [0.15, 0.2) is 35.1 Å². The number of aromatic nitrogens is 1. The molecule has 1 aliphatic rings. The number of rotatable bonds is 4. The van der Waals surface area contributed by atoms with Gasteiger partial charge in [-0.15, -0.1) is 0 Å². The smallest absolute Gasteiger partial charge is 0.253 e. The molecule has 2 aromatic rings. The zero-order chi connectivity index (χ0) is 20.3. The highest BCUT2D eigenvalue weighted by atomic mass is 19.1. The summed E-state index contributed by atoms with van der Waals surface area (Å²) in [5.74, 6) is -1.10. The minimum absolute atomic E-state index is 0.155. The van der Waals surface area contributed by atoms with Crippen molar-refractivity contribution >= 4 is 11.8 Å². The first-order valence-corrected chi connectivity index (χ1v) is 9.37. The van der Waals surface area contributed by atoms with Crippen LogP contribution in [-0.2, 0) is 11.3 Å². The maximum Gasteiger partial charge on any atom is 0.253 e. The Morgan fingerprint density at radius 3 is 2.64 bits per heavy atom. The van der Waals surface area contributed by atoms with Crippen molar-refractivity contribution in [3.05, 3.63) is 68.9 Å². The Hall–Kier alpha value is -2.96. The zero-order valence-electron chi connectivity index (χ0n) is 16.0. The number of hydrogen-bond acceptors (Lipinski definition) is 3. The Morgan fingerprint density at radius 1 is 1.25 bits per heavy atom. The number of nitrogens with one attached hydrogen (secondary N) is 2. The van der Waals surface area contributed by atoms with Gasteiger partial charge in [-0.2, -0.15) is 0 Å². The summed E-state index contributed by atoms with van der Waals surface area (Å²) in [7, 11) is 0. The summed E-state index contributed by atoms with van der Waals surface area (Å²) in [4.78, 5) is 41.7. The molecule has 7 heteroatoms. The third kappa shape index (κ3) is 4.47. The number of aromatic amines is 1. The van der Waals surface area contributed by atoms with Gasteiger partial charge >= 0.3 is 0 Å². The molecule has 0 bridgehead atoms. The van der Waals surface area contributed by atoms with E-state index in [4.69, 9.17) is 0 Å². The first-order chi connectivity index (χ1) is 13.3. The molecule has 148 valence electrons. The molecule has 3 rings (SSSR count). The van der Waals surface area contributed by atoms with Gasteiger partial charge in [0.05, 0.1) is 5.92 Å². The molecule has 0 spiro atoms. The van der Waals surface area contributed by atoms with Gasteiger partial charge < -0.3 is 15.2 Å². The van der Waals surface area contributed by atoms with E-state index in [1.807, 2.05) is 19.9 Å². The second-order valence-electron chi connectivity index (χ2n) is 7.26. The van der Waals surface area contributed by atoms with Crippen LogP contribution in [0.1, 0.15) is 40.0 Å². The topological polar surface area (TPSA) is 82.3 Å². The molecule has 1 unspecified atom stereocenters. The first-order valence-electron chi connectivity index (χ1n) is 9.37. The van der Waals surface area contributed by atoms with Crippen molar-refractivity contribution in [3.63, 3.8) is 0 Å². The zero-order valence-corrected chi connectivity index (χ0v) is 16.0. The molecular weight excluding hydrogens is 361 g/mol. The molecule has 28 heavy (non-hydrogen) atoms. The maximum atomic E-state index is 13.1. The highest BCUT2D eigenvalue weighted by molar-refractivity contribution is 5.94. The number of aryl methyl sites for hydroxylation is 2. The molecule has 1 fully saturated rings. The van der Waals surface area contributed by atoms with E-state index in [1.165, 1.54) is 24.3 Å². The summed E-state index contributed by atoms with van der Waals surface area (Å²) in [6.07, 6.45) is 1.40. The number of carbonyl (C=O) groups is 2. The van der Waals surface area contributed by atoms with Gasteiger partial charge in [0.1, 0.15) is 5.82 Å². The molecule has 0 radical (unpaired) electrons. The Bertz CT molecular complexity index is 937. The fourth-order valence-electron chi connectivity index (χ4n) is 3.57. The molecule has 2 amide bonds. The molecule has 1 saturated heterocycles. The van der Waals surface area contributed by atoms with Crippen molar-refractivity contribution in [1.82, 2.24) is 15.2 Å². The molecule has 0 saturated carbocycles. The molecule has 6 nitrogen and oxygen atoms in total. The van der Waals surface area contributed by atoms with Gasteiger partial charge in [-0.25, -0.2) is 4.39 Å². The van der Waals surface area contributed by atoms with Crippen molar-refractivity contribution in [1.29, 1.82) is 0 Å². The average molecular weight is 385 g/mol. The van der Waals surface area contributed by atoms with Gasteiger partial charge in [0.2, 0.25) is 5.91 Å². The fraction of sp³-hybridized carbons (Fsp3) is 0.381. The van der Waals surface area contributed by atoms with Gasteiger partial charge in [0.15, 0.2) is 0 Å². The van der Waals surface area contributed by atoms with E-state index in [-0.39, 0.29) is 29.8 Å². The molecule has 1 aromatic heterocycles. The van der Waals surface area contributed by atoms with Gasteiger partial charge in [-0.3, -0.25) is 14.4 Å². The standard InChI is InChI=1S/C21H24FN3O3/c1-13-10-14(2)24-20(27)18(13)11-23-19(26)16-4-3-9-25(12-16)21(28)15-5-7-17(22)8-6-15/h5-8,10,16H,3-4,9,11-12H2,1-2H3,(H,23,26)(H,24,27). The predicted molar refractivity (Wildman–Crippen MR) is 103 cm³/mol. The van der Waals surface area contributed by atoms with Crippen LogP contribution in [0.3, 0.4) is 0 Å². The summed E-state index contributed by atoms with van der Waals surface area (Å²) in [5.41, 5.74) is 2.35. The van der Waals surface area contributed by atoms with E-state index in [0.29, 0.717) is 30.6 Å². The molecule has 0 aliphatic carbocycles. The lowest BCUT2D eigenvalue weighted by molar-refractivity contribution is -0.126. The van der Waals surface area contributed by atoms with Crippen molar-refractivity contribution in [2.24, 2.45) is 5.92 Å². The third-order valence-electron chi connectivity index (χ3n) is 5.10. The van der Waals surface area contributed by atoms with Crippen LogP contribution in [-0.4, -0.2) is 34.8 Å². The molecule has 1 atom stereocenters. The van der Waals surface area contributed by atoms with E-state index in [9.17, 15) is 18.8 Å². The normalized spacial score (nSPS) is 16.7. The largest absolute Gasteiger partial charge is 0.352 e. The van der Waals surface area contributed by atoms with Gasteiger partial charge in [0, 0.05) is 36.5 Å². The summed E-state index contributed by atoms with van der Waals surface area (Å²) >= 11 is 0. The summed E-state index contributed by atoms with van der Waals surface area (Å²) < 4.78 is 13.1. The van der Waals surface area contributed by atoms with Crippen molar-refractivity contribution in [2.75, 3.05) is 13.1 Å². The SMILES string of the molecule is Cc1cc(C)c(CNC(=O)C2CCCN(C(=O)c3ccc(F)cc3)C2)c(=O)[nH]1. The quantitative estimate of drug-likeness (QED) is 0.847. The number of halogens is 1. The second kappa shape index (κ2) is 8.37. The summed E-state index contributed by atoms with van der Waals surface area (Å²) in [6.45, 7) is 4.68. The van der Waals surface area contributed by atoms with Crippen LogP contribution in [0, 0.1) is 25.6 Å². The Morgan fingerprint density at radius 2 is 1.96 bits per heavy atom. The van der Waals surface area contributed by atoms with Crippen LogP contribution in [0.5, 0.6) is 0 Å². The van der Waals surface area contributed by atoms with Gasteiger partial charge in [-0.1, -0.05) is 0 Å². The number of likely N-dealkylation sites (tertiary alicyclic amines) is 1. The first kappa shape index (κ1) is 19.8. The number of H-pyrrole nitrogens is 1. The van der Waals surface area contributed by atoms with E-state index in [1.54, 1.807) is 4.90 Å². The van der Waals surface area contributed by atoms with Gasteiger partial charge in [0.25, 0.3) is 11.5 Å². The number of nitrogens with zero attached hydrogens (tertiary/aromatic N) is 1. The van der Waals surface area contributed by atoms with Crippen LogP contribution in [0.25, 0.3) is 0 Å². The van der Waals surface area contributed by atoms with E-state index in [2.05, 4.69) is 10.3 Å². The van der Waals surface area contributed by atoms with Crippen LogP contribution in [0.2, 0.25) is 0 Å². The second-order valence-corrected chi connectivity index (χ2v) is 7.26. The van der Waals surface area contributed by atoms with Crippen molar-refractivity contribution in [2.45, 2.75) is 33.2 Å². The Labute approximate surface area is 162 Å². The lowest BCUT2D eigenvalue weighted by atomic mass is 9.96. The third-order valence-corrected chi connectivity index (χ3v) is 5.10. The van der Waals surface area contributed by atoms with E-state index < -0.39 is 5.82 Å². The van der Waals surface area contributed by atoms with Crippen LogP contribution in [0.4, 0.5) is 4.39 Å². The summed E-state index contributed by atoms with van der Waals surface area (Å²) in [5, 5.41) is 2.83. The fourth-order valence-corrected chi connectivity index (χ4v) is 3.57. The minimum Gasteiger partial charge on any atom is -0.352 e. The Kier molecular flexibility index (Phi) is 5.92. The number of carbonyl (C=O) groups excluding carboxylic acids is 2. The number of hydrogen-bond donors (Lipinski definition) is 2. The number of piperidine rings is 1.